The number of anilines is 1. The summed E-state index contributed by atoms with van der Waals surface area (Å²) < 4.78 is 10.2. The van der Waals surface area contributed by atoms with E-state index in [0.717, 1.165) is 0 Å². The molecule has 0 saturated heterocycles. The summed E-state index contributed by atoms with van der Waals surface area (Å²) >= 11 is 5.54. The molecule has 1 aromatic rings. The summed E-state index contributed by atoms with van der Waals surface area (Å²) in [5, 5.41) is 16.4. The monoisotopic (exact) mass is 235 g/mol. The Morgan fingerprint density at radius 3 is 2.80 bits per heavy atom. The zero-order chi connectivity index (χ0) is 11.1. The predicted octanol–water partition coefficient (Wildman–Crippen LogP) is 0.254. The van der Waals surface area contributed by atoms with Crippen molar-refractivity contribution in [3.8, 4) is 0 Å². The summed E-state index contributed by atoms with van der Waals surface area (Å²) in [6.45, 7) is 1.55. The molecule has 1 N–H and O–H groups in total. The summed E-state index contributed by atoms with van der Waals surface area (Å²) in [6.07, 6.45) is 0. The highest BCUT2D eigenvalue weighted by molar-refractivity contribution is 6.16. The number of ether oxygens (including phenoxy) is 1. The summed E-state index contributed by atoms with van der Waals surface area (Å²) in [5.74, 6) is 0.552. The van der Waals surface area contributed by atoms with Gasteiger partial charge in [0, 0.05) is 20.2 Å². The Bertz CT molecular complexity index is 282. The van der Waals surface area contributed by atoms with E-state index in [4.69, 9.17) is 25.9 Å². The molecule has 15 heavy (non-hydrogen) atoms. The van der Waals surface area contributed by atoms with Crippen molar-refractivity contribution in [2.45, 2.75) is 5.88 Å². The smallest absolute Gasteiger partial charge is 0.318 e. The van der Waals surface area contributed by atoms with Gasteiger partial charge in [0.05, 0.1) is 13.2 Å². The van der Waals surface area contributed by atoms with Crippen LogP contribution in [0.5, 0.6) is 0 Å². The van der Waals surface area contributed by atoms with E-state index in [0.29, 0.717) is 31.6 Å². The molecule has 1 heterocycles. The van der Waals surface area contributed by atoms with Crippen LogP contribution in [0.1, 0.15) is 5.89 Å². The van der Waals surface area contributed by atoms with E-state index in [1.54, 1.807) is 12.0 Å². The normalized spacial score (nSPS) is 10.6. The van der Waals surface area contributed by atoms with Gasteiger partial charge >= 0.3 is 6.01 Å². The molecule has 1 rings (SSSR count). The van der Waals surface area contributed by atoms with E-state index in [1.807, 2.05) is 0 Å². The van der Waals surface area contributed by atoms with Crippen LogP contribution in [0.3, 0.4) is 0 Å². The van der Waals surface area contributed by atoms with Crippen molar-refractivity contribution in [2.75, 3.05) is 38.3 Å². The minimum absolute atomic E-state index is 0.0162. The lowest BCUT2D eigenvalue weighted by Gasteiger charge is -2.17. The fourth-order valence-electron chi connectivity index (χ4n) is 1.05. The van der Waals surface area contributed by atoms with Gasteiger partial charge in [0.25, 0.3) is 0 Å². The van der Waals surface area contributed by atoms with Gasteiger partial charge in [-0.05, 0) is 0 Å². The third-order valence-electron chi connectivity index (χ3n) is 1.78. The SMILES string of the molecule is COCCN(CCO)c1nnc(CCl)o1. The number of aromatic nitrogens is 2. The molecule has 1 aromatic heterocycles. The van der Waals surface area contributed by atoms with E-state index < -0.39 is 0 Å². The zero-order valence-electron chi connectivity index (χ0n) is 8.52. The molecule has 6 nitrogen and oxygen atoms in total. The van der Waals surface area contributed by atoms with Gasteiger partial charge in [0.1, 0.15) is 5.88 Å². The maximum Gasteiger partial charge on any atom is 0.318 e. The molecular formula is C8H14ClN3O3. The molecule has 86 valence electrons. The molecule has 0 radical (unpaired) electrons. The van der Waals surface area contributed by atoms with E-state index in [9.17, 15) is 0 Å². The second-order valence-electron chi connectivity index (χ2n) is 2.82. The molecule has 0 aliphatic carbocycles. The summed E-state index contributed by atoms with van der Waals surface area (Å²) in [6, 6.07) is 0.358. The highest BCUT2D eigenvalue weighted by atomic mass is 35.5. The van der Waals surface area contributed by atoms with Crippen LogP contribution in [0.4, 0.5) is 6.01 Å². The van der Waals surface area contributed by atoms with Crippen LogP contribution in [0.25, 0.3) is 0 Å². The number of methoxy groups -OCH3 is 1. The fraction of sp³-hybridized carbons (Fsp3) is 0.750. The van der Waals surface area contributed by atoms with Crippen LogP contribution in [-0.4, -0.2) is 48.7 Å². The van der Waals surface area contributed by atoms with Crippen molar-refractivity contribution >= 4 is 17.6 Å². The van der Waals surface area contributed by atoms with Gasteiger partial charge in [-0.2, -0.15) is 0 Å². The van der Waals surface area contributed by atoms with Crippen molar-refractivity contribution in [3.63, 3.8) is 0 Å². The molecule has 0 aliphatic rings. The summed E-state index contributed by atoms with van der Waals surface area (Å²) in [7, 11) is 1.61. The Kier molecular flexibility index (Phi) is 5.38. The van der Waals surface area contributed by atoms with Gasteiger partial charge in [0.15, 0.2) is 0 Å². The van der Waals surface area contributed by atoms with E-state index >= 15 is 0 Å². The van der Waals surface area contributed by atoms with Crippen LogP contribution in [0.2, 0.25) is 0 Å². The van der Waals surface area contributed by atoms with Crippen molar-refractivity contribution in [1.82, 2.24) is 10.2 Å². The third-order valence-corrected chi connectivity index (χ3v) is 2.00. The van der Waals surface area contributed by atoms with Crippen LogP contribution < -0.4 is 4.90 Å². The topological polar surface area (TPSA) is 71.6 Å². The average molecular weight is 236 g/mol. The van der Waals surface area contributed by atoms with Gasteiger partial charge in [-0.25, -0.2) is 0 Å². The van der Waals surface area contributed by atoms with Gasteiger partial charge < -0.3 is 19.2 Å². The molecule has 0 amide bonds. The first-order chi connectivity index (χ1) is 7.31. The van der Waals surface area contributed by atoms with Crippen LogP contribution in [0.15, 0.2) is 4.42 Å². The first-order valence-corrected chi connectivity index (χ1v) is 5.08. The maximum atomic E-state index is 8.86. The highest BCUT2D eigenvalue weighted by Crippen LogP contribution is 2.12. The molecule has 0 unspecified atom stereocenters. The van der Waals surface area contributed by atoms with E-state index in [2.05, 4.69) is 10.2 Å². The van der Waals surface area contributed by atoms with Crippen molar-refractivity contribution in [1.29, 1.82) is 0 Å². The summed E-state index contributed by atoms with van der Waals surface area (Å²) in [5.41, 5.74) is 0. The van der Waals surface area contributed by atoms with Gasteiger partial charge in [-0.3, -0.25) is 0 Å². The maximum absolute atomic E-state index is 8.86. The van der Waals surface area contributed by atoms with Crippen molar-refractivity contribution < 1.29 is 14.3 Å². The zero-order valence-corrected chi connectivity index (χ0v) is 9.27. The quantitative estimate of drug-likeness (QED) is 0.684. The fourth-order valence-corrected chi connectivity index (χ4v) is 1.16. The van der Waals surface area contributed by atoms with Gasteiger partial charge in [-0.1, -0.05) is 5.10 Å². The minimum atomic E-state index is 0.0162. The number of hydrogen-bond donors (Lipinski definition) is 1. The molecule has 0 saturated carbocycles. The van der Waals surface area contributed by atoms with Gasteiger partial charge in [-0.15, -0.1) is 16.7 Å². The number of alkyl halides is 1. The second kappa shape index (κ2) is 6.60. The van der Waals surface area contributed by atoms with Crippen molar-refractivity contribution in [3.05, 3.63) is 5.89 Å². The van der Waals surface area contributed by atoms with Crippen LogP contribution in [-0.2, 0) is 10.6 Å². The Morgan fingerprint density at radius 2 is 2.27 bits per heavy atom. The molecular weight excluding hydrogens is 222 g/mol. The Labute approximate surface area is 92.8 Å². The average Bonchev–Trinajstić information content (AvgIpc) is 2.72. The standard InChI is InChI=1S/C8H14ClN3O3/c1-14-5-3-12(2-4-13)8-11-10-7(6-9)15-8/h13H,2-6H2,1H3. The Balaban J connectivity index is 2.60. The third kappa shape index (κ3) is 3.65. The molecule has 0 aliphatic heterocycles. The number of halogens is 1. The lowest BCUT2D eigenvalue weighted by atomic mass is 10.5. The Hall–Kier alpha value is -0.850. The molecule has 0 spiro atoms. The molecule has 0 aromatic carbocycles. The minimum Gasteiger partial charge on any atom is -0.407 e. The largest absolute Gasteiger partial charge is 0.407 e. The molecule has 0 bridgehead atoms. The van der Waals surface area contributed by atoms with Gasteiger partial charge in [0.2, 0.25) is 5.89 Å². The first-order valence-electron chi connectivity index (χ1n) is 4.55. The number of hydrogen-bond acceptors (Lipinski definition) is 6. The first kappa shape index (κ1) is 12.2. The van der Waals surface area contributed by atoms with Crippen LogP contribution >= 0.6 is 11.6 Å². The van der Waals surface area contributed by atoms with Crippen LogP contribution in [0, 0.1) is 0 Å². The molecule has 0 atom stereocenters. The summed E-state index contributed by atoms with van der Waals surface area (Å²) in [4.78, 5) is 1.74. The molecule has 0 fully saturated rings. The second-order valence-corrected chi connectivity index (χ2v) is 3.08. The van der Waals surface area contributed by atoms with E-state index in [-0.39, 0.29) is 12.5 Å². The number of nitrogens with zero attached hydrogens (tertiary/aromatic N) is 3. The van der Waals surface area contributed by atoms with E-state index in [1.165, 1.54) is 0 Å². The number of aliphatic hydroxyl groups is 1. The lowest BCUT2D eigenvalue weighted by Crippen LogP contribution is -2.30. The van der Waals surface area contributed by atoms with Crippen molar-refractivity contribution in [2.24, 2.45) is 0 Å². The predicted molar refractivity (Wildman–Crippen MR) is 55.0 cm³/mol. The lowest BCUT2D eigenvalue weighted by molar-refractivity contribution is 0.201. The number of aliphatic hydroxyl groups excluding tert-OH is 1. The molecule has 7 heteroatoms. The Morgan fingerprint density at radius 1 is 1.47 bits per heavy atom. The highest BCUT2D eigenvalue weighted by Gasteiger charge is 2.13. The number of rotatable bonds is 7.